The van der Waals surface area contributed by atoms with E-state index in [0.717, 1.165) is 44.9 Å². The molecule has 1 atom stereocenters. The van der Waals surface area contributed by atoms with Crippen molar-refractivity contribution in [1.82, 2.24) is 0 Å². The molecule has 0 aliphatic carbocycles. The summed E-state index contributed by atoms with van der Waals surface area (Å²) in [5.41, 5.74) is 3.11. The zero-order chi connectivity index (χ0) is 22.2. The van der Waals surface area contributed by atoms with Gasteiger partial charge in [-0.1, -0.05) is 107 Å². The lowest BCUT2D eigenvalue weighted by atomic mass is 9.81. The van der Waals surface area contributed by atoms with Crippen LogP contribution >= 0.6 is 0 Å². The molecular weight excluding hydrogens is 364 g/mol. The second-order valence-electron chi connectivity index (χ2n) is 9.76. The van der Waals surface area contributed by atoms with Crippen molar-refractivity contribution in [3.63, 3.8) is 0 Å². The van der Waals surface area contributed by atoms with Gasteiger partial charge in [-0.3, -0.25) is 4.79 Å². The molecule has 0 fully saturated rings. The Kier molecular flexibility index (Phi) is 13.1. The second-order valence-corrected chi connectivity index (χ2v) is 9.76. The average Bonchev–Trinajstić information content (AvgIpc) is 2.69. The molecule has 0 saturated carbocycles. The Morgan fingerprint density at radius 3 is 2.37 bits per heavy atom. The molecule has 0 spiro atoms. The molecule has 0 aliphatic heterocycles. The maximum atomic E-state index is 12.2. The van der Waals surface area contributed by atoms with Crippen LogP contribution in [0, 0.1) is 11.3 Å². The maximum Gasteiger partial charge on any atom is 0.132 e. The molecular formula is C29H44O. The van der Waals surface area contributed by atoms with Gasteiger partial charge in [0.25, 0.3) is 0 Å². The number of hydrogen-bond acceptors (Lipinski definition) is 1. The smallest absolute Gasteiger partial charge is 0.132 e. The van der Waals surface area contributed by atoms with E-state index in [9.17, 15) is 4.79 Å². The van der Waals surface area contributed by atoms with Crippen LogP contribution in [0.2, 0.25) is 0 Å². The molecule has 0 amide bonds. The van der Waals surface area contributed by atoms with Gasteiger partial charge in [0.05, 0.1) is 0 Å². The molecule has 0 aliphatic rings. The summed E-state index contributed by atoms with van der Waals surface area (Å²) in [5.74, 6) is 1.14. The molecule has 1 aromatic carbocycles. The van der Waals surface area contributed by atoms with Crippen molar-refractivity contribution in [1.29, 1.82) is 0 Å². The Morgan fingerprint density at radius 1 is 1.03 bits per heavy atom. The highest BCUT2D eigenvalue weighted by Crippen LogP contribution is 2.31. The minimum Gasteiger partial charge on any atom is -0.300 e. The minimum atomic E-state index is 0.292. The van der Waals surface area contributed by atoms with Crippen LogP contribution in [0.4, 0.5) is 0 Å². The van der Waals surface area contributed by atoms with Crippen molar-refractivity contribution >= 4 is 5.78 Å². The van der Waals surface area contributed by atoms with Gasteiger partial charge in [-0.05, 0) is 55.9 Å². The standard InChI is InChI=1S/C29H44O/c1-6-7-9-17-26(3)24-29(4,5)22-15-14-21-28(30)20-13-12-16-25(2)23-27-18-10-8-11-19-27/h6-11,17-19,25H,1,12-16,20-24H2,2-5H3/b9-7-,26-17+. The van der Waals surface area contributed by atoms with E-state index in [-0.39, 0.29) is 0 Å². The molecule has 1 nitrogen and oxygen atoms in total. The third kappa shape index (κ3) is 13.4. The van der Waals surface area contributed by atoms with Crippen molar-refractivity contribution in [2.45, 2.75) is 91.9 Å². The van der Waals surface area contributed by atoms with Gasteiger partial charge < -0.3 is 0 Å². The summed E-state index contributed by atoms with van der Waals surface area (Å²) < 4.78 is 0. The first-order valence-electron chi connectivity index (χ1n) is 11.8. The monoisotopic (exact) mass is 408 g/mol. The largest absolute Gasteiger partial charge is 0.300 e. The molecule has 166 valence electrons. The van der Waals surface area contributed by atoms with Gasteiger partial charge in [-0.15, -0.1) is 0 Å². The van der Waals surface area contributed by atoms with Crippen molar-refractivity contribution in [3.05, 3.63) is 72.4 Å². The first kappa shape index (κ1) is 26.1. The molecule has 1 heteroatoms. The third-order valence-corrected chi connectivity index (χ3v) is 5.77. The Hall–Kier alpha value is -1.89. The first-order valence-corrected chi connectivity index (χ1v) is 11.8. The van der Waals surface area contributed by atoms with Gasteiger partial charge in [0.1, 0.15) is 5.78 Å². The molecule has 1 aromatic rings. The number of allylic oxidation sites excluding steroid dienone is 5. The second kappa shape index (κ2) is 15.0. The van der Waals surface area contributed by atoms with E-state index < -0.39 is 0 Å². The third-order valence-electron chi connectivity index (χ3n) is 5.77. The Morgan fingerprint density at radius 2 is 1.70 bits per heavy atom. The molecule has 1 rings (SSSR count). The number of benzene rings is 1. The molecule has 30 heavy (non-hydrogen) atoms. The van der Waals surface area contributed by atoms with E-state index in [4.69, 9.17) is 0 Å². The lowest BCUT2D eigenvalue weighted by Gasteiger charge is -2.25. The lowest BCUT2D eigenvalue weighted by Crippen LogP contribution is -2.12. The van der Waals surface area contributed by atoms with Crippen LogP contribution < -0.4 is 0 Å². The first-order chi connectivity index (χ1) is 14.3. The Balaban J connectivity index is 2.11. The fourth-order valence-corrected chi connectivity index (χ4v) is 4.18. The number of unbranched alkanes of at least 4 members (excludes halogenated alkanes) is 2. The highest BCUT2D eigenvalue weighted by Gasteiger charge is 2.17. The minimum absolute atomic E-state index is 0.292. The van der Waals surface area contributed by atoms with Gasteiger partial charge in [0.15, 0.2) is 0 Å². The summed E-state index contributed by atoms with van der Waals surface area (Å²) in [7, 11) is 0. The number of carbonyl (C=O) groups is 1. The summed E-state index contributed by atoms with van der Waals surface area (Å²) in [4.78, 5) is 12.2. The fraction of sp³-hybridized carbons (Fsp3) is 0.552. The Labute approximate surface area is 186 Å². The fourth-order valence-electron chi connectivity index (χ4n) is 4.18. The Bertz CT molecular complexity index is 663. The normalized spacial score (nSPS) is 13.5. The zero-order valence-corrected chi connectivity index (χ0v) is 20.0. The van der Waals surface area contributed by atoms with Gasteiger partial charge in [-0.25, -0.2) is 0 Å². The summed E-state index contributed by atoms with van der Waals surface area (Å²) in [6.07, 6.45) is 18.5. The van der Waals surface area contributed by atoms with E-state index in [1.54, 1.807) is 6.08 Å². The molecule has 1 unspecified atom stereocenters. The van der Waals surface area contributed by atoms with E-state index in [0.29, 0.717) is 17.1 Å². The summed E-state index contributed by atoms with van der Waals surface area (Å²) in [6.45, 7) is 12.9. The number of ketones is 1. The van der Waals surface area contributed by atoms with Crippen LogP contribution in [-0.4, -0.2) is 5.78 Å². The van der Waals surface area contributed by atoms with E-state index >= 15 is 0 Å². The zero-order valence-electron chi connectivity index (χ0n) is 20.0. The molecule has 0 saturated heterocycles. The predicted octanol–water partition coefficient (Wildman–Crippen LogP) is 8.66. The topological polar surface area (TPSA) is 17.1 Å². The quantitative estimate of drug-likeness (QED) is 0.197. The van der Waals surface area contributed by atoms with Gasteiger partial charge in [0.2, 0.25) is 0 Å². The number of Topliss-reactive ketones (excluding diaryl/α,β-unsaturated/α-hetero) is 1. The van der Waals surface area contributed by atoms with Crippen LogP contribution in [0.1, 0.15) is 91.0 Å². The van der Waals surface area contributed by atoms with Crippen molar-refractivity contribution < 1.29 is 4.79 Å². The predicted molar refractivity (Wildman–Crippen MR) is 133 cm³/mol. The lowest BCUT2D eigenvalue weighted by molar-refractivity contribution is -0.119. The van der Waals surface area contributed by atoms with Crippen LogP contribution in [0.3, 0.4) is 0 Å². The van der Waals surface area contributed by atoms with Gasteiger partial charge in [0, 0.05) is 12.8 Å². The van der Waals surface area contributed by atoms with Gasteiger partial charge in [-0.2, -0.15) is 0 Å². The van der Waals surface area contributed by atoms with Crippen molar-refractivity contribution in [2.24, 2.45) is 11.3 Å². The highest BCUT2D eigenvalue weighted by molar-refractivity contribution is 5.78. The number of rotatable bonds is 16. The van der Waals surface area contributed by atoms with Crippen LogP contribution in [-0.2, 0) is 11.2 Å². The SMILES string of the molecule is C=C/C=C\C=C(/C)CC(C)(C)CCCCC(=O)CCCCC(C)Cc1ccccc1. The molecule has 0 bridgehead atoms. The van der Waals surface area contributed by atoms with Gasteiger partial charge >= 0.3 is 0 Å². The van der Waals surface area contributed by atoms with Crippen LogP contribution in [0.15, 0.2) is 66.8 Å². The van der Waals surface area contributed by atoms with E-state index in [2.05, 4.69) is 76.8 Å². The summed E-state index contributed by atoms with van der Waals surface area (Å²) in [5, 5.41) is 0. The summed E-state index contributed by atoms with van der Waals surface area (Å²) >= 11 is 0. The molecule has 0 aromatic heterocycles. The van der Waals surface area contributed by atoms with Crippen LogP contribution in [0.25, 0.3) is 0 Å². The number of carbonyl (C=O) groups excluding carboxylic acids is 1. The van der Waals surface area contributed by atoms with E-state index in [1.165, 1.54) is 30.4 Å². The van der Waals surface area contributed by atoms with Crippen molar-refractivity contribution in [2.75, 3.05) is 0 Å². The molecule has 0 N–H and O–H groups in total. The highest BCUT2D eigenvalue weighted by atomic mass is 16.1. The maximum absolute atomic E-state index is 12.2. The van der Waals surface area contributed by atoms with Crippen molar-refractivity contribution in [3.8, 4) is 0 Å². The average molecular weight is 409 g/mol. The van der Waals surface area contributed by atoms with Crippen LogP contribution in [0.5, 0.6) is 0 Å². The molecule has 0 heterocycles. The summed E-state index contributed by atoms with van der Waals surface area (Å²) in [6, 6.07) is 10.7. The number of hydrogen-bond donors (Lipinski definition) is 0. The van der Waals surface area contributed by atoms with E-state index in [1.807, 2.05) is 6.08 Å². The molecule has 0 radical (unpaired) electrons.